The molecule has 0 unspecified atom stereocenters. The topological polar surface area (TPSA) is 88.1 Å². The van der Waals surface area contributed by atoms with Crippen LogP contribution < -0.4 is 0 Å². The van der Waals surface area contributed by atoms with Gasteiger partial charge in [-0.15, -0.1) is 0 Å². The van der Waals surface area contributed by atoms with Crippen LogP contribution >= 0.6 is 0 Å². The molecule has 0 radical (unpaired) electrons. The summed E-state index contributed by atoms with van der Waals surface area (Å²) in [5.41, 5.74) is 0.493. The first-order valence-electron chi connectivity index (χ1n) is 7.29. The van der Waals surface area contributed by atoms with E-state index in [4.69, 9.17) is 14.2 Å². The molecule has 0 saturated carbocycles. The van der Waals surface area contributed by atoms with Crippen LogP contribution in [0.25, 0.3) is 0 Å². The number of ether oxygens (including phenoxy) is 3. The zero-order valence-corrected chi connectivity index (χ0v) is 14.4. The van der Waals surface area contributed by atoms with Crippen LogP contribution in [-0.4, -0.2) is 53.7 Å². The van der Waals surface area contributed by atoms with Crippen molar-refractivity contribution >= 4 is 16.1 Å². The fourth-order valence-electron chi connectivity index (χ4n) is 1.68. The zero-order valence-electron chi connectivity index (χ0n) is 13.6. The minimum absolute atomic E-state index is 0.0559. The Labute approximate surface area is 140 Å². The third kappa shape index (κ3) is 8.34. The van der Waals surface area contributed by atoms with Crippen molar-refractivity contribution in [1.29, 1.82) is 0 Å². The molecule has 24 heavy (non-hydrogen) atoms. The van der Waals surface area contributed by atoms with E-state index < -0.39 is 21.9 Å². The number of carbonyl (C=O) groups excluding carboxylic acids is 1. The van der Waals surface area contributed by atoms with E-state index in [1.54, 1.807) is 6.92 Å². The molecule has 1 aromatic carbocycles. The number of esters is 1. The molecule has 0 aliphatic heterocycles. The number of carbonyl (C=O) groups is 1. The molecule has 0 atom stereocenters. The van der Waals surface area contributed by atoms with E-state index in [2.05, 4.69) is 4.18 Å². The Balaban J connectivity index is 2.28. The quantitative estimate of drug-likeness (QED) is 0.334. The maximum atomic E-state index is 13.6. The van der Waals surface area contributed by atoms with Crippen molar-refractivity contribution in [2.45, 2.75) is 13.5 Å². The van der Waals surface area contributed by atoms with E-state index in [1.807, 2.05) is 0 Å². The van der Waals surface area contributed by atoms with Crippen LogP contribution in [0.15, 0.2) is 18.2 Å². The number of hydrogen-bond donors (Lipinski definition) is 0. The van der Waals surface area contributed by atoms with Crippen LogP contribution in [0.4, 0.5) is 4.39 Å². The number of hydrogen-bond acceptors (Lipinski definition) is 7. The Bertz CT molecular complexity index is 631. The summed E-state index contributed by atoms with van der Waals surface area (Å²) < 4.78 is 54.7. The lowest BCUT2D eigenvalue weighted by Crippen LogP contribution is -2.12. The van der Waals surface area contributed by atoms with Crippen LogP contribution in [0.5, 0.6) is 0 Å². The first-order valence-corrected chi connectivity index (χ1v) is 9.10. The number of rotatable bonds is 11. The minimum Gasteiger partial charge on any atom is -0.462 e. The molecular weight excluding hydrogens is 343 g/mol. The molecule has 0 heterocycles. The molecule has 0 aliphatic carbocycles. The Morgan fingerprint density at radius 2 is 1.79 bits per heavy atom. The summed E-state index contributed by atoms with van der Waals surface area (Å²) in [5, 5.41) is 0. The molecule has 136 valence electrons. The lowest BCUT2D eigenvalue weighted by molar-refractivity contribution is 0.0310. The highest BCUT2D eigenvalue weighted by molar-refractivity contribution is 7.85. The van der Waals surface area contributed by atoms with Gasteiger partial charge >= 0.3 is 5.97 Å². The maximum Gasteiger partial charge on any atom is 0.341 e. The lowest BCUT2D eigenvalue weighted by Gasteiger charge is -2.08. The molecule has 0 spiro atoms. The van der Waals surface area contributed by atoms with Gasteiger partial charge in [-0.25, -0.2) is 9.18 Å². The largest absolute Gasteiger partial charge is 0.462 e. The molecule has 0 amide bonds. The lowest BCUT2D eigenvalue weighted by atomic mass is 10.1. The van der Waals surface area contributed by atoms with Crippen LogP contribution in [-0.2, 0) is 35.1 Å². The van der Waals surface area contributed by atoms with Gasteiger partial charge in [-0.1, -0.05) is 6.07 Å². The molecule has 7 nitrogen and oxygen atoms in total. The fraction of sp³-hybridized carbons (Fsp3) is 0.533. The van der Waals surface area contributed by atoms with Crippen molar-refractivity contribution in [3.05, 3.63) is 35.1 Å². The van der Waals surface area contributed by atoms with Gasteiger partial charge in [-0.2, -0.15) is 8.42 Å². The summed E-state index contributed by atoms with van der Waals surface area (Å²) in [4.78, 5) is 11.6. The number of benzene rings is 1. The normalized spacial score (nSPS) is 11.5. The summed E-state index contributed by atoms with van der Waals surface area (Å²) in [6, 6.07) is 4.08. The van der Waals surface area contributed by atoms with Crippen LogP contribution in [0.2, 0.25) is 0 Å². The highest BCUT2D eigenvalue weighted by Crippen LogP contribution is 2.13. The summed E-state index contributed by atoms with van der Waals surface area (Å²) in [6.07, 6.45) is 0.962. The van der Waals surface area contributed by atoms with Crippen molar-refractivity contribution < 1.29 is 36.0 Å². The maximum absolute atomic E-state index is 13.6. The molecule has 0 saturated heterocycles. The van der Waals surface area contributed by atoms with E-state index in [0.29, 0.717) is 5.56 Å². The summed E-state index contributed by atoms with van der Waals surface area (Å²) >= 11 is 0. The molecule has 1 rings (SSSR count). The second-order valence-electron chi connectivity index (χ2n) is 4.73. The van der Waals surface area contributed by atoms with Crippen molar-refractivity contribution in [3.8, 4) is 0 Å². The van der Waals surface area contributed by atoms with Gasteiger partial charge in [-0.3, -0.25) is 4.18 Å². The molecule has 0 aromatic heterocycles. The predicted molar refractivity (Wildman–Crippen MR) is 83.6 cm³/mol. The van der Waals surface area contributed by atoms with Crippen LogP contribution in [0, 0.1) is 5.82 Å². The summed E-state index contributed by atoms with van der Waals surface area (Å²) in [5.74, 6) is -1.36. The van der Waals surface area contributed by atoms with Crippen molar-refractivity contribution in [2.24, 2.45) is 0 Å². The minimum atomic E-state index is -3.46. The van der Waals surface area contributed by atoms with E-state index >= 15 is 0 Å². The third-order valence-electron chi connectivity index (χ3n) is 2.69. The van der Waals surface area contributed by atoms with E-state index in [9.17, 15) is 17.6 Å². The van der Waals surface area contributed by atoms with Gasteiger partial charge in [0, 0.05) is 0 Å². The first kappa shape index (κ1) is 20.5. The van der Waals surface area contributed by atoms with Crippen LogP contribution in [0.3, 0.4) is 0 Å². The average Bonchev–Trinajstić information content (AvgIpc) is 2.50. The molecular formula is C15H21FO7S. The van der Waals surface area contributed by atoms with Gasteiger partial charge in [0.05, 0.1) is 51.5 Å². The Morgan fingerprint density at radius 3 is 2.46 bits per heavy atom. The molecule has 1 aromatic rings. The predicted octanol–water partition coefficient (Wildman–Crippen LogP) is 1.51. The highest BCUT2D eigenvalue weighted by Gasteiger charge is 2.13. The van der Waals surface area contributed by atoms with Gasteiger partial charge in [0.2, 0.25) is 0 Å². The molecule has 0 bridgehead atoms. The van der Waals surface area contributed by atoms with Crippen molar-refractivity contribution in [3.63, 3.8) is 0 Å². The second kappa shape index (κ2) is 10.3. The zero-order chi connectivity index (χ0) is 18.0. The van der Waals surface area contributed by atoms with Gasteiger partial charge in [0.15, 0.2) is 0 Å². The Morgan fingerprint density at radius 1 is 1.12 bits per heavy atom. The van der Waals surface area contributed by atoms with Gasteiger partial charge in [-0.05, 0) is 24.6 Å². The summed E-state index contributed by atoms with van der Waals surface area (Å²) in [7, 11) is -3.46. The van der Waals surface area contributed by atoms with E-state index in [0.717, 1.165) is 6.26 Å². The van der Waals surface area contributed by atoms with Gasteiger partial charge in [0.1, 0.15) is 5.82 Å². The molecule has 0 N–H and O–H groups in total. The third-order valence-corrected chi connectivity index (χ3v) is 3.29. The molecule has 0 aliphatic rings. The molecule has 0 fully saturated rings. The van der Waals surface area contributed by atoms with Gasteiger partial charge < -0.3 is 14.2 Å². The standard InChI is InChI=1S/C15H21FO7S/c1-3-22-15(17)13-10-12(4-5-14(13)16)11-21-7-6-20-8-9-23-24(2,18)19/h4-5,10H,3,6-9,11H2,1-2H3. The number of halogens is 1. The second-order valence-corrected chi connectivity index (χ2v) is 6.37. The fourth-order valence-corrected chi connectivity index (χ4v) is 2.05. The average molecular weight is 364 g/mol. The van der Waals surface area contributed by atoms with Gasteiger partial charge in [0.25, 0.3) is 10.1 Å². The van der Waals surface area contributed by atoms with E-state index in [1.165, 1.54) is 18.2 Å². The van der Waals surface area contributed by atoms with Crippen molar-refractivity contribution in [1.82, 2.24) is 0 Å². The SMILES string of the molecule is CCOC(=O)c1cc(COCCOCCOS(C)(=O)=O)ccc1F. The Kier molecular flexibility index (Phi) is 8.83. The smallest absolute Gasteiger partial charge is 0.341 e. The highest BCUT2D eigenvalue weighted by atomic mass is 32.2. The Hall–Kier alpha value is -1.55. The monoisotopic (exact) mass is 364 g/mol. The first-order chi connectivity index (χ1) is 11.3. The molecule has 9 heteroatoms. The van der Waals surface area contributed by atoms with Crippen LogP contribution in [0.1, 0.15) is 22.8 Å². The van der Waals surface area contributed by atoms with E-state index in [-0.39, 0.29) is 45.2 Å². The summed E-state index contributed by atoms with van der Waals surface area (Å²) in [6.45, 7) is 2.56. The van der Waals surface area contributed by atoms with Crippen molar-refractivity contribution in [2.75, 3.05) is 39.3 Å².